The lowest BCUT2D eigenvalue weighted by atomic mass is 10.3. The fourth-order valence-corrected chi connectivity index (χ4v) is 1.64. The molecule has 0 bridgehead atoms. The Balaban J connectivity index is 1.79. The summed E-state index contributed by atoms with van der Waals surface area (Å²) in [5.41, 5.74) is 0. The highest BCUT2D eigenvalue weighted by Gasteiger charge is 2.43. The molecule has 1 saturated carbocycles. The highest BCUT2D eigenvalue weighted by atomic mass is 16.4. The van der Waals surface area contributed by atoms with Crippen LogP contribution in [0.5, 0.6) is 0 Å². The van der Waals surface area contributed by atoms with Gasteiger partial charge in [0, 0.05) is 6.54 Å². The lowest BCUT2D eigenvalue weighted by molar-refractivity contribution is -0.138. The number of amides is 1. The van der Waals surface area contributed by atoms with E-state index in [1.807, 2.05) is 0 Å². The van der Waals surface area contributed by atoms with Crippen LogP contribution in [0, 0.1) is 18.8 Å². The van der Waals surface area contributed by atoms with Gasteiger partial charge in [0.1, 0.15) is 5.76 Å². The summed E-state index contributed by atoms with van der Waals surface area (Å²) in [5, 5.41) is 11.3. The van der Waals surface area contributed by atoms with E-state index in [0.29, 0.717) is 18.7 Å². The number of aryl methyl sites for hydroxylation is 1. The van der Waals surface area contributed by atoms with E-state index >= 15 is 0 Å². The van der Waals surface area contributed by atoms with E-state index in [1.54, 1.807) is 19.1 Å². The van der Waals surface area contributed by atoms with E-state index in [0.717, 1.165) is 0 Å². The van der Waals surface area contributed by atoms with E-state index in [2.05, 4.69) is 5.32 Å². The van der Waals surface area contributed by atoms with E-state index in [9.17, 15) is 9.59 Å². The minimum Gasteiger partial charge on any atom is -0.481 e. The molecule has 1 fully saturated rings. The standard InChI is InChI=1S/C11H13NO4/c1-6-2-3-9(16-6)10(13)12-5-7-4-8(7)11(14)15/h2-3,7-8H,4-5H2,1H3,(H,12,13)(H,14,15)/t7-,8-/m0/s1. The Hall–Kier alpha value is -1.78. The summed E-state index contributed by atoms with van der Waals surface area (Å²) in [5.74, 6) is -0.349. The molecule has 2 N–H and O–H groups in total. The molecule has 0 radical (unpaired) electrons. The van der Waals surface area contributed by atoms with Crippen LogP contribution in [0.2, 0.25) is 0 Å². The van der Waals surface area contributed by atoms with Crippen LogP contribution in [-0.2, 0) is 4.79 Å². The smallest absolute Gasteiger partial charge is 0.306 e. The maximum Gasteiger partial charge on any atom is 0.306 e. The largest absolute Gasteiger partial charge is 0.481 e. The number of furan rings is 1. The maximum atomic E-state index is 11.5. The highest BCUT2D eigenvalue weighted by molar-refractivity contribution is 5.91. The van der Waals surface area contributed by atoms with Gasteiger partial charge in [-0.15, -0.1) is 0 Å². The van der Waals surface area contributed by atoms with Gasteiger partial charge in [0.2, 0.25) is 0 Å². The van der Waals surface area contributed by atoms with Crippen molar-refractivity contribution in [1.29, 1.82) is 0 Å². The molecule has 16 heavy (non-hydrogen) atoms. The second kappa shape index (κ2) is 4.00. The first-order valence-electron chi connectivity index (χ1n) is 5.15. The zero-order valence-corrected chi connectivity index (χ0v) is 8.90. The van der Waals surface area contributed by atoms with Crippen molar-refractivity contribution in [3.8, 4) is 0 Å². The topological polar surface area (TPSA) is 79.5 Å². The Morgan fingerprint density at radius 1 is 1.56 bits per heavy atom. The van der Waals surface area contributed by atoms with E-state index in [-0.39, 0.29) is 23.5 Å². The van der Waals surface area contributed by atoms with Gasteiger partial charge < -0.3 is 14.8 Å². The number of aliphatic carboxylic acids is 1. The van der Waals surface area contributed by atoms with Gasteiger partial charge in [0.05, 0.1) is 5.92 Å². The molecule has 0 aliphatic heterocycles. The molecule has 2 rings (SSSR count). The fourth-order valence-electron chi connectivity index (χ4n) is 1.64. The average Bonchev–Trinajstić information content (AvgIpc) is 2.89. The molecule has 1 heterocycles. The summed E-state index contributed by atoms with van der Waals surface area (Å²) < 4.78 is 5.14. The number of nitrogens with one attached hydrogen (secondary N) is 1. The van der Waals surface area contributed by atoms with Gasteiger partial charge in [0.25, 0.3) is 5.91 Å². The average molecular weight is 223 g/mol. The molecule has 0 aromatic carbocycles. The lowest BCUT2D eigenvalue weighted by Crippen LogP contribution is -2.26. The lowest BCUT2D eigenvalue weighted by Gasteiger charge is -2.01. The van der Waals surface area contributed by atoms with Crippen molar-refractivity contribution in [2.45, 2.75) is 13.3 Å². The number of rotatable bonds is 4. The Kier molecular flexibility index (Phi) is 2.68. The van der Waals surface area contributed by atoms with Crippen LogP contribution >= 0.6 is 0 Å². The van der Waals surface area contributed by atoms with Crippen molar-refractivity contribution in [3.05, 3.63) is 23.7 Å². The number of carbonyl (C=O) groups excluding carboxylic acids is 1. The summed E-state index contributed by atoms with van der Waals surface area (Å²) in [6, 6.07) is 3.32. The second-order valence-electron chi connectivity index (χ2n) is 4.06. The fraction of sp³-hybridized carbons (Fsp3) is 0.455. The number of hydrogen-bond acceptors (Lipinski definition) is 3. The van der Waals surface area contributed by atoms with E-state index in [4.69, 9.17) is 9.52 Å². The maximum absolute atomic E-state index is 11.5. The molecule has 1 aliphatic rings. The minimum absolute atomic E-state index is 0.0671. The van der Waals surface area contributed by atoms with Gasteiger partial charge >= 0.3 is 5.97 Å². The van der Waals surface area contributed by atoms with Crippen LogP contribution in [0.4, 0.5) is 0 Å². The molecular weight excluding hydrogens is 210 g/mol. The zero-order valence-electron chi connectivity index (χ0n) is 8.90. The van der Waals surface area contributed by atoms with Crippen LogP contribution in [0.25, 0.3) is 0 Å². The molecule has 0 unspecified atom stereocenters. The SMILES string of the molecule is Cc1ccc(C(=O)NC[C@@H]2C[C@@H]2C(=O)O)o1. The molecule has 5 heteroatoms. The predicted molar refractivity (Wildman–Crippen MR) is 55.0 cm³/mol. The Labute approximate surface area is 92.4 Å². The third kappa shape index (κ3) is 2.24. The molecule has 86 valence electrons. The Morgan fingerprint density at radius 3 is 2.81 bits per heavy atom. The molecular formula is C11H13NO4. The van der Waals surface area contributed by atoms with Crippen LogP contribution in [0.3, 0.4) is 0 Å². The van der Waals surface area contributed by atoms with E-state index < -0.39 is 5.97 Å². The summed E-state index contributed by atoms with van der Waals surface area (Å²) in [4.78, 5) is 22.1. The molecule has 1 aliphatic carbocycles. The highest BCUT2D eigenvalue weighted by Crippen LogP contribution is 2.37. The van der Waals surface area contributed by atoms with Gasteiger partial charge in [-0.1, -0.05) is 0 Å². The molecule has 2 atom stereocenters. The summed E-state index contributed by atoms with van der Waals surface area (Å²) in [7, 11) is 0. The molecule has 5 nitrogen and oxygen atoms in total. The third-order valence-electron chi connectivity index (χ3n) is 2.73. The van der Waals surface area contributed by atoms with Crippen LogP contribution in [-0.4, -0.2) is 23.5 Å². The summed E-state index contributed by atoms with van der Waals surface area (Å²) in [6.45, 7) is 2.16. The van der Waals surface area contributed by atoms with Gasteiger partial charge in [-0.3, -0.25) is 9.59 Å². The van der Waals surface area contributed by atoms with Crippen molar-refractivity contribution < 1.29 is 19.1 Å². The second-order valence-corrected chi connectivity index (χ2v) is 4.06. The van der Waals surface area contributed by atoms with Gasteiger partial charge in [-0.2, -0.15) is 0 Å². The van der Waals surface area contributed by atoms with Crippen molar-refractivity contribution >= 4 is 11.9 Å². The van der Waals surface area contributed by atoms with Crippen molar-refractivity contribution in [3.63, 3.8) is 0 Å². The minimum atomic E-state index is -0.784. The number of carboxylic acid groups (broad SMARTS) is 1. The molecule has 1 aromatic rings. The quantitative estimate of drug-likeness (QED) is 0.799. The van der Waals surface area contributed by atoms with Crippen molar-refractivity contribution in [2.24, 2.45) is 11.8 Å². The van der Waals surface area contributed by atoms with Crippen molar-refractivity contribution in [2.75, 3.05) is 6.54 Å². The van der Waals surface area contributed by atoms with Crippen molar-refractivity contribution in [1.82, 2.24) is 5.32 Å². The van der Waals surface area contributed by atoms with Crippen LogP contribution in [0.1, 0.15) is 22.7 Å². The first-order valence-corrected chi connectivity index (χ1v) is 5.15. The molecule has 0 saturated heterocycles. The van der Waals surface area contributed by atoms with Gasteiger partial charge in [-0.25, -0.2) is 0 Å². The number of hydrogen-bond donors (Lipinski definition) is 2. The van der Waals surface area contributed by atoms with E-state index in [1.165, 1.54) is 0 Å². The summed E-state index contributed by atoms with van der Waals surface area (Å²) in [6.07, 6.45) is 0.646. The van der Waals surface area contributed by atoms with Gasteiger partial charge in [0.15, 0.2) is 5.76 Å². The zero-order chi connectivity index (χ0) is 11.7. The number of carbonyl (C=O) groups is 2. The molecule has 1 amide bonds. The normalized spacial score (nSPS) is 22.8. The van der Waals surface area contributed by atoms with Gasteiger partial charge in [-0.05, 0) is 31.4 Å². The Morgan fingerprint density at radius 2 is 2.31 bits per heavy atom. The molecule has 1 aromatic heterocycles. The predicted octanol–water partition coefficient (Wildman–Crippen LogP) is 1.04. The first kappa shape index (κ1) is 10.7. The Bertz CT molecular complexity index is 423. The van der Waals surface area contributed by atoms with Crippen LogP contribution in [0.15, 0.2) is 16.5 Å². The van der Waals surface area contributed by atoms with Crippen LogP contribution < -0.4 is 5.32 Å². The third-order valence-corrected chi connectivity index (χ3v) is 2.73. The first-order chi connectivity index (χ1) is 7.58. The molecule has 0 spiro atoms. The monoisotopic (exact) mass is 223 g/mol. The summed E-state index contributed by atoms with van der Waals surface area (Å²) >= 11 is 0. The number of carboxylic acids is 1.